The average Bonchev–Trinajstić information content (AvgIpc) is 2.53. The minimum Gasteiger partial charge on any atom is -0.435 e. The number of pyridine rings is 1. The summed E-state index contributed by atoms with van der Waals surface area (Å²) in [6, 6.07) is 9.20. The maximum atomic E-state index is 12.2. The maximum absolute atomic E-state index is 12.2. The topological polar surface area (TPSA) is 80.3 Å². The summed E-state index contributed by atoms with van der Waals surface area (Å²) in [6.45, 7) is -2.55. The Morgan fingerprint density at radius 3 is 2.65 bits per heavy atom. The predicted octanol–water partition coefficient (Wildman–Crippen LogP) is 2.20. The van der Waals surface area contributed by atoms with E-state index in [1.165, 1.54) is 37.5 Å². The van der Waals surface area contributed by atoms with E-state index in [2.05, 4.69) is 19.8 Å². The standard InChI is InChI=1S/C14H15F2N3O3S/c1-17-23(20,21)12-5-6-13(19-9-12)18-8-10-3-2-4-11(7-10)22-14(15)16/h2-7,9,14,17H,8H2,1H3,(H,18,19). The zero-order chi connectivity index (χ0) is 16.9. The Balaban J connectivity index is 2.01. The van der Waals surface area contributed by atoms with Gasteiger partial charge < -0.3 is 10.1 Å². The zero-order valence-corrected chi connectivity index (χ0v) is 13.0. The van der Waals surface area contributed by atoms with Crippen LogP contribution < -0.4 is 14.8 Å². The van der Waals surface area contributed by atoms with Crippen LogP contribution in [0.1, 0.15) is 5.56 Å². The van der Waals surface area contributed by atoms with E-state index < -0.39 is 16.6 Å². The minimum absolute atomic E-state index is 0.0536. The van der Waals surface area contributed by atoms with Gasteiger partial charge in [-0.1, -0.05) is 12.1 Å². The summed E-state index contributed by atoms with van der Waals surface area (Å²) >= 11 is 0. The first-order valence-corrected chi connectivity index (χ1v) is 8.06. The molecule has 2 N–H and O–H groups in total. The van der Waals surface area contributed by atoms with Gasteiger partial charge in [0.1, 0.15) is 16.5 Å². The van der Waals surface area contributed by atoms with E-state index in [1.54, 1.807) is 12.1 Å². The lowest BCUT2D eigenvalue weighted by molar-refractivity contribution is -0.0498. The van der Waals surface area contributed by atoms with Crippen molar-refractivity contribution in [2.75, 3.05) is 12.4 Å². The smallest absolute Gasteiger partial charge is 0.387 e. The van der Waals surface area contributed by atoms with Gasteiger partial charge in [0.25, 0.3) is 0 Å². The molecule has 0 amide bonds. The van der Waals surface area contributed by atoms with Gasteiger partial charge in [-0.3, -0.25) is 0 Å². The lowest BCUT2D eigenvalue weighted by Gasteiger charge is -2.09. The Morgan fingerprint density at radius 2 is 2.04 bits per heavy atom. The van der Waals surface area contributed by atoms with Crippen LogP contribution in [0.4, 0.5) is 14.6 Å². The summed E-state index contributed by atoms with van der Waals surface area (Å²) in [5.41, 5.74) is 0.719. The summed E-state index contributed by atoms with van der Waals surface area (Å²) < 4.78 is 54.0. The van der Waals surface area contributed by atoms with Gasteiger partial charge in [0.05, 0.1) is 0 Å². The Morgan fingerprint density at radius 1 is 1.26 bits per heavy atom. The molecule has 0 fully saturated rings. The fourth-order valence-electron chi connectivity index (χ4n) is 1.79. The molecule has 6 nitrogen and oxygen atoms in total. The molecular weight excluding hydrogens is 328 g/mol. The molecule has 23 heavy (non-hydrogen) atoms. The second-order valence-electron chi connectivity index (χ2n) is 4.47. The van der Waals surface area contributed by atoms with Crippen molar-refractivity contribution in [1.82, 2.24) is 9.71 Å². The summed E-state index contributed by atoms with van der Waals surface area (Å²) in [6.07, 6.45) is 1.23. The third kappa shape index (κ3) is 4.86. The van der Waals surface area contributed by atoms with E-state index in [0.29, 0.717) is 12.4 Å². The van der Waals surface area contributed by atoms with Gasteiger partial charge in [0.15, 0.2) is 0 Å². The number of rotatable bonds is 7. The Bertz CT molecular complexity index is 752. The molecular formula is C14H15F2N3O3S. The van der Waals surface area contributed by atoms with E-state index in [9.17, 15) is 17.2 Å². The van der Waals surface area contributed by atoms with Crippen molar-refractivity contribution in [1.29, 1.82) is 0 Å². The molecule has 0 spiro atoms. The third-order valence-electron chi connectivity index (χ3n) is 2.91. The van der Waals surface area contributed by atoms with Gasteiger partial charge in [-0.15, -0.1) is 0 Å². The molecule has 1 heterocycles. The molecule has 0 aliphatic heterocycles. The van der Waals surface area contributed by atoms with Gasteiger partial charge in [-0.05, 0) is 36.9 Å². The van der Waals surface area contributed by atoms with Crippen molar-refractivity contribution < 1.29 is 21.9 Å². The number of hydrogen-bond acceptors (Lipinski definition) is 5. The number of ether oxygens (including phenoxy) is 1. The Hall–Kier alpha value is -2.26. The van der Waals surface area contributed by atoms with Crippen LogP contribution in [0.15, 0.2) is 47.5 Å². The van der Waals surface area contributed by atoms with Crippen LogP contribution in [0.2, 0.25) is 0 Å². The van der Waals surface area contributed by atoms with Crippen molar-refractivity contribution in [2.45, 2.75) is 18.1 Å². The van der Waals surface area contributed by atoms with Crippen LogP contribution in [-0.4, -0.2) is 27.1 Å². The number of aromatic nitrogens is 1. The first kappa shape index (κ1) is 17.1. The number of nitrogens with zero attached hydrogens (tertiary/aromatic N) is 1. The number of nitrogens with one attached hydrogen (secondary N) is 2. The number of halogens is 2. The van der Waals surface area contributed by atoms with Crippen LogP contribution >= 0.6 is 0 Å². The molecule has 0 unspecified atom stereocenters. The molecule has 2 aromatic rings. The first-order valence-electron chi connectivity index (χ1n) is 6.58. The molecule has 0 atom stereocenters. The molecule has 1 aromatic carbocycles. The fourth-order valence-corrected chi connectivity index (χ4v) is 2.46. The van der Waals surface area contributed by atoms with Crippen molar-refractivity contribution in [3.63, 3.8) is 0 Å². The Kier molecular flexibility index (Phi) is 5.45. The molecule has 0 saturated heterocycles. The van der Waals surface area contributed by atoms with Crippen LogP contribution in [0.5, 0.6) is 5.75 Å². The summed E-state index contributed by atoms with van der Waals surface area (Å²) in [5.74, 6) is 0.531. The second kappa shape index (κ2) is 7.34. The molecule has 0 bridgehead atoms. The van der Waals surface area contributed by atoms with E-state index in [-0.39, 0.29) is 10.6 Å². The van der Waals surface area contributed by atoms with Gasteiger partial charge in [0, 0.05) is 12.7 Å². The quantitative estimate of drug-likeness (QED) is 0.806. The minimum atomic E-state index is -3.53. The highest BCUT2D eigenvalue weighted by atomic mass is 32.2. The van der Waals surface area contributed by atoms with Crippen molar-refractivity contribution in [2.24, 2.45) is 0 Å². The van der Waals surface area contributed by atoms with Crippen molar-refractivity contribution in [3.8, 4) is 5.75 Å². The summed E-state index contributed by atoms with van der Waals surface area (Å²) in [4.78, 5) is 4.05. The summed E-state index contributed by atoms with van der Waals surface area (Å²) in [7, 11) is -2.21. The molecule has 0 aliphatic carbocycles. The van der Waals surface area contributed by atoms with Gasteiger partial charge in [0.2, 0.25) is 10.0 Å². The monoisotopic (exact) mass is 343 g/mol. The number of sulfonamides is 1. The predicted molar refractivity (Wildman–Crippen MR) is 80.9 cm³/mol. The number of alkyl halides is 2. The highest BCUT2D eigenvalue weighted by Crippen LogP contribution is 2.17. The summed E-state index contributed by atoms with van der Waals surface area (Å²) in [5, 5.41) is 2.97. The van der Waals surface area contributed by atoms with E-state index in [4.69, 9.17) is 0 Å². The van der Waals surface area contributed by atoms with Crippen LogP contribution in [0.25, 0.3) is 0 Å². The molecule has 9 heteroatoms. The van der Waals surface area contributed by atoms with Crippen LogP contribution in [0, 0.1) is 0 Å². The van der Waals surface area contributed by atoms with Crippen molar-refractivity contribution in [3.05, 3.63) is 48.2 Å². The molecule has 0 aliphatic rings. The molecule has 0 saturated carbocycles. The highest BCUT2D eigenvalue weighted by molar-refractivity contribution is 7.89. The SMILES string of the molecule is CNS(=O)(=O)c1ccc(NCc2cccc(OC(F)F)c2)nc1. The number of benzene rings is 1. The van der Waals surface area contributed by atoms with E-state index in [0.717, 1.165) is 5.56 Å². The highest BCUT2D eigenvalue weighted by Gasteiger charge is 2.11. The molecule has 1 aromatic heterocycles. The normalized spacial score (nSPS) is 11.5. The number of anilines is 1. The molecule has 2 rings (SSSR count). The first-order chi connectivity index (χ1) is 10.9. The van der Waals surface area contributed by atoms with Crippen LogP contribution in [-0.2, 0) is 16.6 Å². The Labute approximate surface area is 132 Å². The second-order valence-corrected chi connectivity index (χ2v) is 6.35. The van der Waals surface area contributed by atoms with Gasteiger partial charge in [-0.25, -0.2) is 18.1 Å². The molecule has 124 valence electrons. The van der Waals surface area contributed by atoms with E-state index >= 15 is 0 Å². The average molecular weight is 343 g/mol. The maximum Gasteiger partial charge on any atom is 0.387 e. The third-order valence-corrected chi connectivity index (χ3v) is 4.31. The fraction of sp³-hybridized carbons (Fsp3) is 0.214. The molecule has 0 radical (unpaired) electrons. The van der Waals surface area contributed by atoms with Gasteiger partial charge >= 0.3 is 6.61 Å². The van der Waals surface area contributed by atoms with E-state index in [1.807, 2.05) is 0 Å². The van der Waals surface area contributed by atoms with Crippen LogP contribution in [0.3, 0.4) is 0 Å². The van der Waals surface area contributed by atoms with Crippen molar-refractivity contribution >= 4 is 15.8 Å². The number of hydrogen-bond donors (Lipinski definition) is 2. The lowest BCUT2D eigenvalue weighted by Crippen LogP contribution is -2.18. The zero-order valence-electron chi connectivity index (χ0n) is 12.2. The lowest BCUT2D eigenvalue weighted by atomic mass is 10.2. The van der Waals surface area contributed by atoms with Gasteiger partial charge in [-0.2, -0.15) is 8.78 Å². The largest absolute Gasteiger partial charge is 0.435 e.